The molecule has 0 bridgehead atoms. The molecule has 1 aliphatic carbocycles. The number of hydrogen-bond acceptors (Lipinski definition) is 2. The topological polar surface area (TPSA) is 29.3 Å². The molecule has 0 aromatic heterocycles. The number of benzene rings is 1. The van der Waals surface area contributed by atoms with Gasteiger partial charge in [-0.25, -0.2) is 0 Å². The van der Waals surface area contributed by atoms with Crippen molar-refractivity contribution in [3.05, 3.63) is 35.9 Å². The lowest BCUT2D eigenvalue weighted by Gasteiger charge is -2.32. The highest BCUT2D eigenvalue weighted by molar-refractivity contribution is 5.14. The first kappa shape index (κ1) is 13.6. The smallest absolute Gasteiger partial charge is 0.0236 e. The van der Waals surface area contributed by atoms with Crippen molar-refractivity contribution in [3.63, 3.8) is 0 Å². The zero-order chi connectivity index (χ0) is 12.8. The van der Waals surface area contributed by atoms with Crippen molar-refractivity contribution in [1.82, 2.24) is 4.90 Å². The molecule has 2 heteroatoms. The molecule has 1 aliphatic rings. The average molecular weight is 246 g/mol. The summed E-state index contributed by atoms with van der Waals surface area (Å²) >= 11 is 0. The minimum absolute atomic E-state index is 0.761. The van der Waals surface area contributed by atoms with Gasteiger partial charge in [0.15, 0.2) is 0 Å². The second-order valence-corrected chi connectivity index (χ2v) is 5.57. The quantitative estimate of drug-likeness (QED) is 0.836. The number of rotatable bonds is 6. The summed E-state index contributed by atoms with van der Waals surface area (Å²) < 4.78 is 0. The van der Waals surface area contributed by atoms with E-state index in [1.54, 1.807) is 0 Å². The molecule has 1 saturated carbocycles. The average Bonchev–Trinajstić information content (AvgIpc) is 2.82. The lowest BCUT2D eigenvalue weighted by atomic mass is 10.0. The standard InChI is InChI=1S/C16H26N2/c1-14-7-5-10-16(14)18(12-6-11-17)13-15-8-3-2-4-9-15/h2-4,8-9,14,16H,5-7,10-13,17H2,1H3. The van der Waals surface area contributed by atoms with Crippen molar-refractivity contribution in [2.45, 2.75) is 45.2 Å². The highest BCUT2D eigenvalue weighted by atomic mass is 15.2. The molecule has 2 nitrogen and oxygen atoms in total. The van der Waals surface area contributed by atoms with Crippen LogP contribution in [0.4, 0.5) is 0 Å². The Labute approximate surface area is 111 Å². The fourth-order valence-corrected chi connectivity index (χ4v) is 3.14. The Morgan fingerprint density at radius 3 is 2.61 bits per heavy atom. The molecule has 2 rings (SSSR count). The third-order valence-corrected chi connectivity index (χ3v) is 4.16. The van der Waals surface area contributed by atoms with E-state index in [-0.39, 0.29) is 0 Å². The summed E-state index contributed by atoms with van der Waals surface area (Å²) in [4.78, 5) is 2.65. The Bertz CT molecular complexity index is 336. The lowest BCUT2D eigenvalue weighted by Crippen LogP contribution is -2.37. The highest BCUT2D eigenvalue weighted by Gasteiger charge is 2.28. The van der Waals surface area contributed by atoms with Crippen molar-refractivity contribution in [3.8, 4) is 0 Å². The van der Waals surface area contributed by atoms with Crippen molar-refractivity contribution in [1.29, 1.82) is 0 Å². The molecule has 1 fully saturated rings. The Balaban J connectivity index is 2.00. The van der Waals surface area contributed by atoms with Crippen LogP contribution in [0.5, 0.6) is 0 Å². The largest absolute Gasteiger partial charge is 0.330 e. The maximum atomic E-state index is 5.68. The first-order valence-electron chi connectivity index (χ1n) is 7.29. The van der Waals surface area contributed by atoms with E-state index in [1.165, 1.54) is 24.8 Å². The molecule has 0 heterocycles. The molecule has 0 spiro atoms. The van der Waals surface area contributed by atoms with E-state index in [9.17, 15) is 0 Å². The summed E-state index contributed by atoms with van der Waals surface area (Å²) in [7, 11) is 0. The molecule has 2 N–H and O–H groups in total. The van der Waals surface area contributed by atoms with Crippen LogP contribution in [0.3, 0.4) is 0 Å². The molecule has 0 aliphatic heterocycles. The monoisotopic (exact) mass is 246 g/mol. The molecular formula is C16H26N2. The molecule has 1 aromatic carbocycles. The molecule has 18 heavy (non-hydrogen) atoms. The Kier molecular flexibility index (Phi) is 5.21. The van der Waals surface area contributed by atoms with Crippen molar-refractivity contribution in [2.75, 3.05) is 13.1 Å². The Morgan fingerprint density at radius 1 is 1.22 bits per heavy atom. The van der Waals surface area contributed by atoms with Gasteiger partial charge in [0.2, 0.25) is 0 Å². The molecular weight excluding hydrogens is 220 g/mol. The van der Waals surface area contributed by atoms with Gasteiger partial charge in [-0.2, -0.15) is 0 Å². The van der Waals surface area contributed by atoms with Crippen LogP contribution in [0.25, 0.3) is 0 Å². The molecule has 0 saturated heterocycles. The third kappa shape index (κ3) is 3.56. The van der Waals surface area contributed by atoms with Gasteiger partial charge in [-0.3, -0.25) is 4.90 Å². The van der Waals surface area contributed by atoms with Gasteiger partial charge in [0.1, 0.15) is 0 Å². The second-order valence-electron chi connectivity index (χ2n) is 5.57. The molecule has 2 unspecified atom stereocenters. The van der Waals surface area contributed by atoms with Crippen molar-refractivity contribution < 1.29 is 0 Å². The minimum atomic E-state index is 0.761. The van der Waals surface area contributed by atoms with Crippen LogP contribution in [0.15, 0.2) is 30.3 Å². The van der Waals surface area contributed by atoms with E-state index in [2.05, 4.69) is 42.2 Å². The van der Waals surface area contributed by atoms with E-state index in [0.29, 0.717) is 0 Å². The summed E-state index contributed by atoms with van der Waals surface area (Å²) in [5.41, 5.74) is 7.10. The van der Waals surface area contributed by atoms with Gasteiger partial charge in [-0.1, -0.05) is 43.7 Å². The summed E-state index contributed by atoms with van der Waals surface area (Å²) in [6.45, 7) is 5.42. The lowest BCUT2D eigenvalue weighted by molar-refractivity contribution is 0.157. The minimum Gasteiger partial charge on any atom is -0.330 e. The summed E-state index contributed by atoms with van der Waals surface area (Å²) in [6, 6.07) is 11.6. The maximum Gasteiger partial charge on any atom is 0.0236 e. The summed E-state index contributed by atoms with van der Waals surface area (Å²) in [6.07, 6.45) is 5.24. The van der Waals surface area contributed by atoms with Crippen LogP contribution >= 0.6 is 0 Å². The van der Waals surface area contributed by atoms with Gasteiger partial charge in [-0.15, -0.1) is 0 Å². The van der Waals surface area contributed by atoms with Gasteiger partial charge in [0.25, 0.3) is 0 Å². The molecule has 0 amide bonds. The van der Waals surface area contributed by atoms with Gasteiger partial charge in [0.05, 0.1) is 0 Å². The molecule has 0 radical (unpaired) electrons. The predicted octanol–water partition coefficient (Wildman–Crippen LogP) is 3.03. The first-order chi connectivity index (χ1) is 8.81. The predicted molar refractivity (Wildman–Crippen MR) is 77.3 cm³/mol. The number of nitrogens with zero attached hydrogens (tertiary/aromatic N) is 1. The van der Waals surface area contributed by atoms with Crippen molar-refractivity contribution >= 4 is 0 Å². The van der Waals surface area contributed by atoms with Crippen LogP contribution in [-0.4, -0.2) is 24.0 Å². The van der Waals surface area contributed by atoms with E-state index in [1.807, 2.05) is 0 Å². The van der Waals surface area contributed by atoms with Crippen molar-refractivity contribution in [2.24, 2.45) is 11.7 Å². The molecule has 100 valence electrons. The zero-order valence-corrected chi connectivity index (χ0v) is 11.5. The fraction of sp³-hybridized carbons (Fsp3) is 0.625. The highest BCUT2D eigenvalue weighted by Crippen LogP contribution is 2.30. The van der Waals surface area contributed by atoms with Crippen LogP contribution in [0, 0.1) is 5.92 Å². The Hall–Kier alpha value is -0.860. The van der Waals surface area contributed by atoms with Gasteiger partial charge >= 0.3 is 0 Å². The summed E-state index contributed by atoms with van der Waals surface area (Å²) in [5, 5.41) is 0. The second kappa shape index (κ2) is 6.91. The Morgan fingerprint density at radius 2 is 2.00 bits per heavy atom. The van der Waals surface area contributed by atoms with E-state index < -0.39 is 0 Å². The van der Waals surface area contributed by atoms with E-state index >= 15 is 0 Å². The number of hydrogen-bond donors (Lipinski definition) is 1. The molecule has 1 aromatic rings. The SMILES string of the molecule is CC1CCCC1N(CCCN)Cc1ccccc1. The third-order valence-electron chi connectivity index (χ3n) is 4.16. The van der Waals surface area contributed by atoms with Crippen LogP contribution < -0.4 is 5.73 Å². The van der Waals surface area contributed by atoms with Crippen LogP contribution in [-0.2, 0) is 6.54 Å². The maximum absolute atomic E-state index is 5.68. The normalized spacial score (nSPS) is 23.7. The zero-order valence-electron chi connectivity index (χ0n) is 11.5. The van der Waals surface area contributed by atoms with Gasteiger partial charge < -0.3 is 5.73 Å². The van der Waals surface area contributed by atoms with Gasteiger partial charge in [-0.05, 0) is 43.8 Å². The summed E-state index contributed by atoms with van der Waals surface area (Å²) in [5.74, 6) is 0.839. The molecule has 2 atom stereocenters. The van der Waals surface area contributed by atoms with Crippen LogP contribution in [0.1, 0.15) is 38.2 Å². The van der Waals surface area contributed by atoms with Crippen LogP contribution in [0.2, 0.25) is 0 Å². The number of nitrogens with two attached hydrogens (primary N) is 1. The first-order valence-corrected chi connectivity index (χ1v) is 7.29. The van der Waals surface area contributed by atoms with E-state index in [0.717, 1.165) is 38.0 Å². The fourth-order valence-electron chi connectivity index (χ4n) is 3.14. The van der Waals surface area contributed by atoms with Gasteiger partial charge in [0, 0.05) is 12.6 Å². The van der Waals surface area contributed by atoms with E-state index in [4.69, 9.17) is 5.73 Å².